The van der Waals surface area contributed by atoms with Crippen LogP contribution in [0.5, 0.6) is 0 Å². The van der Waals surface area contributed by atoms with Crippen molar-refractivity contribution in [1.29, 1.82) is 0 Å². The SMILES string of the molecule is COCCN(Cc1ccccc1F)Cc1cccn1Cc1ccc(F)cc1. The van der Waals surface area contributed by atoms with Gasteiger partial charge in [0, 0.05) is 50.7 Å². The molecular weight excluding hydrogens is 346 g/mol. The Morgan fingerprint density at radius 1 is 0.926 bits per heavy atom. The lowest BCUT2D eigenvalue weighted by Gasteiger charge is -2.23. The third-order valence-electron chi connectivity index (χ3n) is 4.54. The molecular formula is C22H24F2N2O. The van der Waals surface area contributed by atoms with Crippen molar-refractivity contribution in [1.82, 2.24) is 9.47 Å². The van der Waals surface area contributed by atoms with E-state index in [1.165, 1.54) is 18.2 Å². The van der Waals surface area contributed by atoms with E-state index in [1.807, 2.05) is 24.4 Å². The number of methoxy groups -OCH3 is 1. The average molecular weight is 370 g/mol. The van der Waals surface area contributed by atoms with Gasteiger partial charge in [0.2, 0.25) is 0 Å². The van der Waals surface area contributed by atoms with E-state index in [2.05, 4.69) is 15.5 Å². The van der Waals surface area contributed by atoms with E-state index in [0.29, 0.717) is 38.3 Å². The van der Waals surface area contributed by atoms with Crippen molar-refractivity contribution in [3.8, 4) is 0 Å². The van der Waals surface area contributed by atoms with Gasteiger partial charge in [0.05, 0.1) is 6.61 Å². The maximum atomic E-state index is 14.1. The van der Waals surface area contributed by atoms with Gasteiger partial charge in [-0.15, -0.1) is 0 Å². The molecule has 3 aromatic rings. The molecule has 0 saturated carbocycles. The van der Waals surface area contributed by atoms with Crippen molar-refractivity contribution in [2.45, 2.75) is 19.6 Å². The van der Waals surface area contributed by atoms with Crippen LogP contribution in [0.3, 0.4) is 0 Å². The number of hydrogen-bond donors (Lipinski definition) is 0. The molecule has 0 radical (unpaired) electrons. The number of rotatable bonds is 9. The minimum Gasteiger partial charge on any atom is -0.383 e. The second-order valence-electron chi connectivity index (χ2n) is 6.55. The predicted octanol–water partition coefficient (Wildman–Crippen LogP) is 4.46. The largest absolute Gasteiger partial charge is 0.383 e. The smallest absolute Gasteiger partial charge is 0.127 e. The molecule has 27 heavy (non-hydrogen) atoms. The quantitative estimate of drug-likeness (QED) is 0.553. The molecule has 0 saturated heterocycles. The minimum atomic E-state index is -0.234. The van der Waals surface area contributed by atoms with Gasteiger partial charge in [-0.1, -0.05) is 30.3 Å². The molecule has 142 valence electrons. The van der Waals surface area contributed by atoms with Crippen molar-refractivity contribution >= 4 is 0 Å². The van der Waals surface area contributed by atoms with E-state index in [0.717, 1.165) is 11.3 Å². The first-order valence-corrected chi connectivity index (χ1v) is 8.99. The zero-order valence-corrected chi connectivity index (χ0v) is 15.4. The first kappa shape index (κ1) is 19.3. The second-order valence-corrected chi connectivity index (χ2v) is 6.55. The molecule has 0 aliphatic rings. The molecule has 0 atom stereocenters. The first-order valence-electron chi connectivity index (χ1n) is 8.99. The van der Waals surface area contributed by atoms with Crippen LogP contribution in [-0.2, 0) is 24.4 Å². The van der Waals surface area contributed by atoms with E-state index in [9.17, 15) is 8.78 Å². The Bertz CT molecular complexity index is 846. The number of benzene rings is 2. The lowest BCUT2D eigenvalue weighted by atomic mass is 10.2. The van der Waals surface area contributed by atoms with Crippen molar-refractivity contribution in [3.05, 3.63) is 95.3 Å². The minimum absolute atomic E-state index is 0.193. The third kappa shape index (κ3) is 5.49. The van der Waals surface area contributed by atoms with Crippen molar-refractivity contribution in [2.24, 2.45) is 0 Å². The Hall–Kier alpha value is -2.50. The molecule has 0 aliphatic heterocycles. The van der Waals surface area contributed by atoms with Crippen molar-refractivity contribution in [2.75, 3.05) is 20.3 Å². The van der Waals surface area contributed by atoms with Crippen LogP contribution < -0.4 is 0 Å². The van der Waals surface area contributed by atoms with Crippen LogP contribution >= 0.6 is 0 Å². The van der Waals surface area contributed by atoms with Gasteiger partial charge in [-0.2, -0.15) is 0 Å². The maximum Gasteiger partial charge on any atom is 0.127 e. The molecule has 0 N–H and O–H groups in total. The summed E-state index contributed by atoms with van der Waals surface area (Å²) in [6.45, 7) is 3.13. The van der Waals surface area contributed by atoms with Crippen LogP contribution in [0.4, 0.5) is 8.78 Å². The second kappa shape index (κ2) is 9.44. The van der Waals surface area contributed by atoms with Crippen molar-refractivity contribution in [3.63, 3.8) is 0 Å². The summed E-state index contributed by atoms with van der Waals surface area (Å²) in [5, 5.41) is 0. The Morgan fingerprint density at radius 2 is 1.70 bits per heavy atom. The van der Waals surface area contributed by atoms with Gasteiger partial charge in [-0.3, -0.25) is 4.90 Å². The highest BCUT2D eigenvalue weighted by atomic mass is 19.1. The monoisotopic (exact) mass is 370 g/mol. The molecule has 1 heterocycles. The first-order chi connectivity index (χ1) is 13.2. The van der Waals surface area contributed by atoms with Gasteiger partial charge < -0.3 is 9.30 Å². The van der Waals surface area contributed by atoms with Gasteiger partial charge in [0.1, 0.15) is 11.6 Å². The van der Waals surface area contributed by atoms with Gasteiger partial charge in [0.25, 0.3) is 0 Å². The molecule has 2 aromatic carbocycles. The summed E-state index contributed by atoms with van der Waals surface area (Å²) in [5.41, 5.74) is 2.82. The van der Waals surface area contributed by atoms with E-state index in [4.69, 9.17) is 4.74 Å². The third-order valence-corrected chi connectivity index (χ3v) is 4.54. The molecule has 3 nitrogen and oxygen atoms in total. The molecule has 0 unspecified atom stereocenters. The van der Waals surface area contributed by atoms with E-state index < -0.39 is 0 Å². The van der Waals surface area contributed by atoms with Crippen LogP contribution in [-0.4, -0.2) is 29.7 Å². The lowest BCUT2D eigenvalue weighted by Crippen LogP contribution is -2.28. The van der Waals surface area contributed by atoms with Crippen molar-refractivity contribution < 1.29 is 13.5 Å². The zero-order valence-electron chi connectivity index (χ0n) is 15.4. The fourth-order valence-electron chi connectivity index (χ4n) is 3.06. The van der Waals surface area contributed by atoms with E-state index >= 15 is 0 Å². The molecule has 0 aliphatic carbocycles. The fourth-order valence-corrected chi connectivity index (χ4v) is 3.06. The predicted molar refractivity (Wildman–Crippen MR) is 102 cm³/mol. The topological polar surface area (TPSA) is 17.4 Å². The van der Waals surface area contributed by atoms with E-state index in [1.54, 1.807) is 25.3 Å². The van der Waals surface area contributed by atoms with Crippen LogP contribution in [0.15, 0.2) is 66.9 Å². The summed E-state index contributed by atoms with van der Waals surface area (Å²) in [4.78, 5) is 2.17. The molecule has 0 spiro atoms. The molecule has 5 heteroatoms. The summed E-state index contributed by atoms with van der Waals surface area (Å²) in [5.74, 6) is -0.427. The molecule has 1 aromatic heterocycles. The summed E-state index contributed by atoms with van der Waals surface area (Å²) in [6.07, 6.45) is 2.01. The molecule has 0 bridgehead atoms. The summed E-state index contributed by atoms with van der Waals surface area (Å²) in [7, 11) is 1.67. The highest BCUT2D eigenvalue weighted by Crippen LogP contribution is 2.15. The summed E-state index contributed by atoms with van der Waals surface area (Å²) >= 11 is 0. The Kier molecular flexibility index (Phi) is 6.74. The van der Waals surface area contributed by atoms with Crippen LogP contribution in [0.25, 0.3) is 0 Å². The van der Waals surface area contributed by atoms with Crippen LogP contribution in [0.1, 0.15) is 16.8 Å². The number of ether oxygens (including phenoxy) is 1. The zero-order chi connectivity index (χ0) is 19.1. The number of nitrogens with zero attached hydrogens (tertiary/aromatic N) is 2. The van der Waals surface area contributed by atoms with Gasteiger partial charge in [-0.25, -0.2) is 8.78 Å². The number of hydrogen-bond acceptors (Lipinski definition) is 2. The van der Waals surface area contributed by atoms with Crippen LogP contribution in [0.2, 0.25) is 0 Å². The molecule has 0 fully saturated rings. The standard InChI is InChI=1S/C22H24F2N2O/c1-27-14-13-25(16-19-5-2-3-7-22(19)24)17-21-6-4-12-26(21)15-18-8-10-20(23)11-9-18/h2-12H,13-17H2,1H3. The lowest BCUT2D eigenvalue weighted by molar-refractivity contribution is 0.137. The van der Waals surface area contributed by atoms with Gasteiger partial charge >= 0.3 is 0 Å². The van der Waals surface area contributed by atoms with Gasteiger partial charge in [-0.05, 0) is 35.9 Å². The maximum absolute atomic E-state index is 14.1. The summed E-state index contributed by atoms with van der Waals surface area (Å²) < 4.78 is 34.5. The normalized spacial score (nSPS) is 11.3. The highest BCUT2D eigenvalue weighted by Gasteiger charge is 2.12. The summed E-state index contributed by atoms with van der Waals surface area (Å²) in [6, 6.07) is 17.4. The van der Waals surface area contributed by atoms with Crippen LogP contribution in [0, 0.1) is 11.6 Å². The molecule has 3 rings (SSSR count). The number of halogens is 2. The Balaban J connectivity index is 1.73. The van der Waals surface area contributed by atoms with E-state index in [-0.39, 0.29) is 11.6 Å². The average Bonchev–Trinajstić information content (AvgIpc) is 3.10. The highest BCUT2D eigenvalue weighted by molar-refractivity contribution is 5.20. The number of aromatic nitrogens is 1. The Morgan fingerprint density at radius 3 is 2.44 bits per heavy atom. The van der Waals surface area contributed by atoms with Gasteiger partial charge in [0.15, 0.2) is 0 Å². The fraction of sp³-hybridized carbons (Fsp3) is 0.273. The molecule has 0 amide bonds. The Labute approximate surface area is 158 Å².